The molecule has 4 nitrogen and oxygen atoms in total. The van der Waals surface area contributed by atoms with Crippen LogP contribution in [-0.4, -0.2) is 37.6 Å². The minimum atomic E-state index is -0.272. The van der Waals surface area contributed by atoms with Crippen molar-refractivity contribution in [1.29, 1.82) is 0 Å². The van der Waals surface area contributed by atoms with Crippen LogP contribution in [0.25, 0.3) is 5.57 Å². The monoisotopic (exact) mass is 363 g/mol. The summed E-state index contributed by atoms with van der Waals surface area (Å²) in [6, 6.07) is 14.0. The van der Waals surface area contributed by atoms with Gasteiger partial charge in [0.15, 0.2) is 0 Å². The Labute approximate surface area is 160 Å². The number of para-hydroxylation sites is 1. The zero-order chi connectivity index (χ0) is 18.8. The van der Waals surface area contributed by atoms with Gasteiger partial charge in [-0.05, 0) is 61.7 Å². The quantitative estimate of drug-likeness (QED) is 0.747. The van der Waals surface area contributed by atoms with Crippen LogP contribution in [0.3, 0.4) is 0 Å². The summed E-state index contributed by atoms with van der Waals surface area (Å²) in [5.41, 5.74) is 6.61. The van der Waals surface area contributed by atoms with E-state index in [9.17, 15) is 4.79 Å². The summed E-state index contributed by atoms with van der Waals surface area (Å²) in [5.74, 6) is 0.638. The lowest BCUT2D eigenvalue weighted by Gasteiger charge is -2.27. The normalized spacial score (nSPS) is 16.8. The van der Waals surface area contributed by atoms with Crippen molar-refractivity contribution in [3.63, 3.8) is 0 Å². The maximum atomic E-state index is 12.3. The molecule has 1 fully saturated rings. The Bertz CT molecular complexity index is 890. The first kappa shape index (κ1) is 17.8. The number of esters is 1. The van der Waals surface area contributed by atoms with Crippen LogP contribution in [0.1, 0.15) is 46.8 Å². The molecule has 4 rings (SSSR count). The van der Waals surface area contributed by atoms with Gasteiger partial charge in [-0.3, -0.25) is 0 Å². The van der Waals surface area contributed by atoms with Crippen molar-refractivity contribution < 1.29 is 14.3 Å². The molecule has 0 saturated carbocycles. The maximum absolute atomic E-state index is 12.3. The predicted molar refractivity (Wildman–Crippen MR) is 106 cm³/mol. The zero-order valence-corrected chi connectivity index (χ0v) is 16.0. The Morgan fingerprint density at radius 2 is 1.89 bits per heavy atom. The molecule has 0 aliphatic carbocycles. The second-order valence-corrected chi connectivity index (χ2v) is 7.16. The molecular weight excluding hydrogens is 338 g/mol. The molecule has 2 aliphatic heterocycles. The second kappa shape index (κ2) is 7.57. The van der Waals surface area contributed by atoms with Crippen molar-refractivity contribution >= 4 is 11.5 Å². The Kier molecular flexibility index (Phi) is 4.99. The summed E-state index contributed by atoms with van der Waals surface area (Å²) in [7, 11) is 2.17. The van der Waals surface area contributed by atoms with E-state index < -0.39 is 0 Å². The third-order valence-electron chi connectivity index (χ3n) is 5.37. The van der Waals surface area contributed by atoms with Crippen molar-refractivity contribution in [3.8, 4) is 5.75 Å². The first-order valence-corrected chi connectivity index (χ1v) is 9.60. The zero-order valence-electron chi connectivity index (χ0n) is 16.0. The van der Waals surface area contributed by atoms with Crippen molar-refractivity contribution in [2.75, 3.05) is 26.7 Å². The number of rotatable bonds is 2. The highest BCUT2D eigenvalue weighted by Crippen LogP contribution is 2.41. The van der Waals surface area contributed by atoms with Gasteiger partial charge >= 0.3 is 5.97 Å². The molecule has 2 aliphatic rings. The molecule has 27 heavy (non-hydrogen) atoms. The molecule has 2 aromatic carbocycles. The molecule has 0 amide bonds. The Balaban J connectivity index is 1.89. The number of hydrogen-bond donors (Lipinski definition) is 0. The highest BCUT2D eigenvalue weighted by molar-refractivity contribution is 5.93. The number of ether oxygens (including phenoxy) is 2. The molecule has 4 heteroatoms. The van der Waals surface area contributed by atoms with Gasteiger partial charge in [0.05, 0.1) is 12.2 Å². The molecule has 0 radical (unpaired) electrons. The van der Waals surface area contributed by atoms with E-state index in [0.29, 0.717) is 18.8 Å². The van der Waals surface area contributed by atoms with Gasteiger partial charge in [-0.15, -0.1) is 0 Å². The molecule has 0 aromatic heterocycles. The number of carbonyl (C=O) groups is 1. The van der Waals surface area contributed by atoms with Gasteiger partial charge in [0.1, 0.15) is 12.4 Å². The van der Waals surface area contributed by atoms with Crippen LogP contribution < -0.4 is 4.74 Å². The van der Waals surface area contributed by atoms with E-state index in [1.165, 1.54) is 11.1 Å². The number of hydrogen-bond acceptors (Lipinski definition) is 4. The summed E-state index contributed by atoms with van der Waals surface area (Å²) in [5, 5.41) is 0. The molecule has 2 heterocycles. The van der Waals surface area contributed by atoms with Crippen molar-refractivity contribution in [1.82, 2.24) is 4.90 Å². The van der Waals surface area contributed by atoms with Gasteiger partial charge in [-0.1, -0.05) is 29.8 Å². The number of piperidine rings is 1. The number of fused-ring (bicyclic) bond motifs is 2. The predicted octanol–water partition coefficient (Wildman–Crippen LogP) is 4.28. The van der Waals surface area contributed by atoms with E-state index in [-0.39, 0.29) is 5.97 Å². The van der Waals surface area contributed by atoms with Crippen LogP contribution >= 0.6 is 0 Å². The van der Waals surface area contributed by atoms with Crippen molar-refractivity contribution in [3.05, 3.63) is 70.3 Å². The smallest absolute Gasteiger partial charge is 0.338 e. The Morgan fingerprint density at radius 3 is 2.67 bits per heavy atom. The van der Waals surface area contributed by atoms with E-state index in [0.717, 1.165) is 48.4 Å². The van der Waals surface area contributed by atoms with E-state index in [1.807, 2.05) is 37.3 Å². The van der Waals surface area contributed by atoms with E-state index in [2.05, 4.69) is 24.1 Å². The summed E-state index contributed by atoms with van der Waals surface area (Å²) >= 11 is 0. The van der Waals surface area contributed by atoms with Gasteiger partial charge in [-0.2, -0.15) is 0 Å². The van der Waals surface area contributed by atoms with Gasteiger partial charge in [-0.25, -0.2) is 4.79 Å². The van der Waals surface area contributed by atoms with Gasteiger partial charge in [0.25, 0.3) is 0 Å². The number of likely N-dealkylation sites (tertiary alicyclic amines) is 1. The lowest BCUT2D eigenvalue weighted by atomic mass is 9.86. The first-order valence-electron chi connectivity index (χ1n) is 9.60. The average molecular weight is 363 g/mol. The van der Waals surface area contributed by atoms with Gasteiger partial charge in [0.2, 0.25) is 0 Å². The average Bonchev–Trinajstić information content (AvgIpc) is 2.85. The second-order valence-electron chi connectivity index (χ2n) is 7.16. The summed E-state index contributed by atoms with van der Waals surface area (Å²) < 4.78 is 11.3. The first-order chi connectivity index (χ1) is 13.2. The highest BCUT2D eigenvalue weighted by Gasteiger charge is 2.25. The fourth-order valence-electron chi connectivity index (χ4n) is 3.90. The molecule has 0 unspecified atom stereocenters. The van der Waals surface area contributed by atoms with Crippen molar-refractivity contribution in [2.24, 2.45) is 0 Å². The fraction of sp³-hybridized carbons (Fsp3) is 0.348. The molecule has 2 aromatic rings. The Hall–Kier alpha value is -2.59. The largest absolute Gasteiger partial charge is 0.488 e. The standard InChI is InChI=1S/C23H25NO3/c1-3-26-23(25)17-8-9-18-15-27-21-7-5-4-6-19(21)22(20(18)14-17)16-10-12-24(2)13-11-16/h4-9,14H,3,10-13,15H2,1-2H3. The van der Waals surface area contributed by atoms with Crippen LogP contribution in [0.15, 0.2) is 48.0 Å². The SMILES string of the molecule is CCOC(=O)c1ccc2c(c1)C(=C1CCN(C)CC1)c1ccccc1OC2. The Morgan fingerprint density at radius 1 is 1.11 bits per heavy atom. The molecule has 0 bridgehead atoms. The molecular formula is C23H25NO3. The lowest BCUT2D eigenvalue weighted by molar-refractivity contribution is 0.0526. The molecule has 1 saturated heterocycles. The van der Waals surface area contributed by atoms with E-state index >= 15 is 0 Å². The number of nitrogens with zero attached hydrogens (tertiary/aromatic N) is 1. The molecule has 0 atom stereocenters. The van der Waals surface area contributed by atoms with Gasteiger partial charge in [0, 0.05) is 18.7 Å². The fourth-order valence-corrected chi connectivity index (χ4v) is 3.90. The highest BCUT2D eigenvalue weighted by atomic mass is 16.5. The summed E-state index contributed by atoms with van der Waals surface area (Å²) in [4.78, 5) is 14.7. The van der Waals surface area contributed by atoms with Crippen molar-refractivity contribution in [2.45, 2.75) is 26.4 Å². The number of carbonyl (C=O) groups excluding carboxylic acids is 1. The third kappa shape index (κ3) is 3.50. The van der Waals surface area contributed by atoms with E-state index in [1.54, 1.807) is 0 Å². The van der Waals surface area contributed by atoms with Gasteiger partial charge < -0.3 is 14.4 Å². The summed E-state index contributed by atoms with van der Waals surface area (Å²) in [6.07, 6.45) is 2.06. The molecule has 0 N–H and O–H groups in total. The minimum absolute atomic E-state index is 0.272. The van der Waals surface area contributed by atoms with Crippen LogP contribution in [0.5, 0.6) is 5.75 Å². The third-order valence-corrected chi connectivity index (χ3v) is 5.37. The van der Waals surface area contributed by atoms with E-state index in [4.69, 9.17) is 9.47 Å². The lowest BCUT2D eigenvalue weighted by Crippen LogP contribution is -2.27. The summed E-state index contributed by atoms with van der Waals surface area (Å²) in [6.45, 7) is 4.81. The maximum Gasteiger partial charge on any atom is 0.338 e. The van der Waals surface area contributed by atoms with Crippen LogP contribution in [0, 0.1) is 0 Å². The topological polar surface area (TPSA) is 38.8 Å². The number of benzene rings is 2. The molecule has 0 spiro atoms. The van der Waals surface area contributed by atoms with Crippen LogP contribution in [-0.2, 0) is 11.3 Å². The van der Waals surface area contributed by atoms with Crippen LogP contribution in [0.4, 0.5) is 0 Å². The minimum Gasteiger partial charge on any atom is -0.488 e. The van der Waals surface area contributed by atoms with Crippen LogP contribution in [0.2, 0.25) is 0 Å². The molecule has 140 valence electrons.